The Hall–Kier alpha value is -1.75. The van der Waals surface area contributed by atoms with Crippen molar-refractivity contribution >= 4 is 17.9 Å². The van der Waals surface area contributed by atoms with Crippen molar-refractivity contribution in [3.8, 4) is 0 Å². The van der Waals surface area contributed by atoms with Crippen LogP contribution in [-0.4, -0.2) is 78.7 Å². The number of nitrogens with one attached hydrogen (secondary N) is 4. The lowest BCUT2D eigenvalue weighted by molar-refractivity contribution is -0.141. The van der Waals surface area contributed by atoms with Gasteiger partial charge in [-0.25, -0.2) is 0 Å². The molecule has 10 nitrogen and oxygen atoms in total. The van der Waals surface area contributed by atoms with Gasteiger partial charge in [-0.15, -0.1) is 0 Å². The first-order valence-electron chi connectivity index (χ1n) is 11.9. The van der Waals surface area contributed by atoms with Crippen molar-refractivity contribution in [1.29, 1.82) is 0 Å². The lowest BCUT2D eigenvalue weighted by Gasteiger charge is -2.18. The number of aliphatic carboxylic acids is 3. The van der Waals surface area contributed by atoms with Gasteiger partial charge in [0.1, 0.15) is 12.1 Å². The van der Waals surface area contributed by atoms with Gasteiger partial charge in [-0.3, -0.25) is 25.0 Å². The second-order valence-corrected chi connectivity index (χ2v) is 8.12. The van der Waals surface area contributed by atoms with Crippen LogP contribution in [0, 0.1) is 0 Å². The monoisotopic (exact) mass is 460 g/mol. The van der Waals surface area contributed by atoms with Crippen molar-refractivity contribution in [2.75, 3.05) is 33.4 Å². The molecule has 0 aliphatic heterocycles. The molecule has 0 aromatic rings. The Bertz CT molecular complexity index is 507. The fourth-order valence-electron chi connectivity index (χ4n) is 3.36. The van der Waals surface area contributed by atoms with Gasteiger partial charge in [0.05, 0.1) is 0 Å². The Morgan fingerprint density at radius 3 is 1.62 bits per heavy atom. The summed E-state index contributed by atoms with van der Waals surface area (Å²) in [5, 5.41) is 39.1. The summed E-state index contributed by atoms with van der Waals surface area (Å²) in [6, 6.07) is -1.81. The Labute approximate surface area is 191 Å². The van der Waals surface area contributed by atoms with Gasteiger partial charge in [-0.05, 0) is 58.8 Å². The molecule has 188 valence electrons. The minimum Gasteiger partial charge on any atom is -0.481 e. The van der Waals surface area contributed by atoms with Crippen LogP contribution < -0.4 is 21.3 Å². The van der Waals surface area contributed by atoms with Crippen LogP contribution in [-0.2, 0) is 14.4 Å². The van der Waals surface area contributed by atoms with Crippen LogP contribution in [0.5, 0.6) is 0 Å². The number of rotatable bonds is 24. The van der Waals surface area contributed by atoms with Crippen LogP contribution in [0.25, 0.3) is 0 Å². The highest BCUT2D eigenvalue weighted by Crippen LogP contribution is 2.06. The van der Waals surface area contributed by atoms with Crippen molar-refractivity contribution in [2.45, 2.75) is 89.1 Å². The second-order valence-electron chi connectivity index (χ2n) is 8.12. The van der Waals surface area contributed by atoms with Gasteiger partial charge in [0.25, 0.3) is 0 Å². The number of hydrogen-bond donors (Lipinski definition) is 7. The maximum atomic E-state index is 11.4. The van der Waals surface area contributed by atoms with Crippen molar-refractivity contribution < 1.29 is 29.7 Å². The smallest absolute Gasteiger partial charge is 0.320 e. The second kappa shape index (κ2) is 21.1. The Kier molecular flexibility index (Phi) is 20.0. The quantitative estimate of drug-likeness (QED) is 0.0832. The molecule has 0 aliphatic carbocycles. The van der Waals surface area contributed by atoms with Crippen LogP contribution in [0.2, 0.25) is 0 Å². The molecule has 32 heavy (non-hydrogen) atoms. The normalized spacial score (nSPS) is 13.0. The zero-order chi connectivity index (χ0) is 24.0. The maximum Gasteiger partial charge on any atom is 0.320 e. The van der Waals surface area contributed by atoms with E-state index in [0.29, 0.717) is 6.42 Å². The minimum absolute atomic E-state index is 0.0126. The molecule has 0 heterocycles. The summed E-state index contributed by atoms with van der Waals surface area (Å²) in [7, 11) is 1.99. The Morgan fingerprint density at radius 1 is 0.656 bits per heavy atom. The first kappa shape index (κ1) is 30.2. The molecule has 2 unspecified atom stereocenters. The van der Waals surface area contributed by atoms with E-state index >= 15 is 0 Å². The molecule has 2 atom stereocenters. The van der Waals surface area contributed by atoms with Gasteiger partial charge < -0.3 is 26.0 Å². The molecule has 0 bridgehead atoms. The SMILES string of the molecule is CNCCCCCCCCCNCCCCC(NCNC(CCC(=O)O)C(=O)O)C(=O)O. The molecule has 0 aliphatic rings. The zero-order valence-corrected chi connectivity index (χ0v) is 19.5. The highest BCUT2D eigenvalue weighted by Gasteiger charge is 2.20. The Balaban J connectivity index is 3.73. The van der Waals surface area contributed by atoms with E-state index in [1.54, 1.807) is 0 Å². The lowest BCUT2D eigenvalue weighted by atomic mass is 10.1. The van der Waals surface area contributed by atoms with Gasteiger partial charge in [0.15, 0.2) is 0 Å². The van der Waals surface area contributed by atoms with E-state index in [1.165, 1.54) is 38.5 Å². The minimum atomic E-state index is -1.16. The van der Waals surface area contributed by atoms with E-state index in [-0.39, 0.29) is 19.5 Å². The lowest BCUT2D eigenvalue weighted by Crippen LogP contribution is -2.47. The van der Waals surface area contributed by atoms with Crippen LogP contribution in [0.15, 0.2) is 0 Å². The highest BCUT2D eigenvalue weighted by molar-refractivity contribution is 5.75. The number of hydrogen-bond acceptors (Lipinski definition) is 7. The number of carbonyl (C=O) groups is 3. The molecule has 0 saturated carbocycles. The van der Waals surface area contributed by atoms with E-state index < -0.39 is 30.0 Å². The molecule has 0 fully saturated rings. The van der Waals surface area contributed by atoms with Crippen molar-refractivity contribution in [3.05, 3.63) is 0 Å². The highest BCUT2D eigenvalue weighted by atomic mass is 16.4. The summed E-state index contributed by atoms with van der Waals surface area (Å²) in [5.74, 6) is -3.21. The van der Waals surface area contributed by atoms with Gasteiger partial charge in [0, 0.05) is 13.1 Å². The molecule has 0 spiro atoms. The Morgan fingerprint density at radius 2 is 1.12 bits per heavy atom. The fraction of sp³-hybridized carbons (Fsp3) is 0.864. The maximum absolute atomic E-state index is 11.4. The molecule has 0 radical (unpaired) electrons. The van der Waals surface area contributed by atoms with Crippen LogP contribution in [0.3, 0.4) is 0 Å². The predicted molar refractivity (Wildman–Crippen MR) is 124 cm³/mol. The molecular weight excluding hydrogens is 416 g/mol. The summed E-state index contributed by atoms with van der Waals surface area (Å²) in [6.07, 6.45) is 10.6. The molecule has 0 aromatic carbocycles. The molecule has 0 saturated heterocycles. The third kappa shape index (κ3) is 19.0. The number of carboxylic acid groups (broad SMARTS) is 3. The fourth-order valence-corrected chi connectivity index (χ4v) is 3.36. The topological polar surface area (TPSA) is 160 Å². The molecule has 0 rings (SSSR count). The van der Waals surface area contributed by atoms with Crippen LogP contribution >= 0.6 is 0 Å². The predicted octanol–water partition coefficient (Wildman–Crippen LogP) is 1.60. The molecule has 10 heteroatoms. The summed E-state index contributed by atoms with van der Waals surface area (Å²) < 4.78 is 0. The zero-order valence-electron chi connectivity index (χ0n) is 19.5. The summed E-state index contributed by atoms with van der Waals surface area (Å²) in [6.45, 7) is 2.92. The van der Waals surface area contributed by atoms with Crippen molar-refractivity contribution in [1.82, 2.24) is 21.3 Å². The van der Waals surface area contributed by atoms with E-state index in [2.05, 4.69) is 21.3 Å². The van der Waals surface area contributed by atoms with Crippen LogP contribution in [0.4, 0.5) is 0 Å². The van der Waals surface area contributed by atoms with E-state index in [4.69, 9.17) is 10.2 Å². The molecule has 0 aromatic heterocycles. The summed E-state index contributed by atoms with van der Waals surface area (Å²) in [4.78, 5) is 33.1. The van der Waals surface area contributed by atoms with E-state index in [1.807, 2.05) is 7.05 Å². The molecule has 0 amide bonds. The van der Waals surface area contributed by atoms with Gasteiger partial charge >= 0.3 is 17.9 Å². The first-order chi connectivity index (χ1) is 15.4. The van der Waals surface area contributed by atoms with E-state index in [9.17, 15) is 19.5 Å². The van der Waals surface area contributed by atoms with Crippen molar-refractivity contribution in [3.63, 3.8) is 0 Å². The largest absolute Gasteiger partial charge is 0.481 e. The van der Waals surface area contributed by atoms with Crippen molar-refractivity contribution in [2.24, 2.45) is 0 Å². The number of unbranched alkanes of at least 4 members (excludes halogenated alkanes) is 7. The van der Waals surface area contributed by atoms with Gasteiger partial charge in [0.2, 0.25) is 0 Å². The van der Waals surface area contributed by atoms with Gasteiger partial charge in [-0.2, -0.15) is 0 Å². The first-order valence-corrected chi connectivity index (χ1v) is 11.9. The summed E-state index contributed by atoms with van der Waals surface area (Å²) >= 11 is 0. The third-order valence-electron chi connectivity index (χ3n) is 5.32. The number of carboxylic acids is 3. The molecular formula is C22H44N4O6. The summed E-state index contributed by atoms with van der Waals surface area (Å²) in [5.41, 5.74) is 0. The van der Waals surface area contributed by atoms with Gasteiger partial charge in [-0.1, -0.05) is 38.5 Å². The standard InChI is InChI=1S/C22H44N4O6/c1-23-14-8-5-3-2-4-6-9-15-24-16-10-7-11-18(21(29)30)25-17-26-19(22(31)32)12-13-20(27)28/h18-19,23-26H,2-17H2,1H3,(H,27,28)(H,29,30)(H,31,32). The average Bonchev–Trinajstić information content (AvgIpc) is 2.74. The van der Waals surface area contributed by atoms with E-state index in [0.717, 1.165) is 38.9 Å². The average molecular weight is 461 g/mol. The third-order valence-corrected chi connectivity index (χ3v) is 5.32. The molecule has 7 N–H and O–H groups in total. The van der Waals surface area contributed by atoms with Crippen LogP contribution in [0.1, 0.15) is 77.0 Å².